The molecule has 0 bridgehead atoms. The largest absolute Gasteiger partial charge is 0.466 e. The minimum absolute atomic E-state index is 0.0161. The van der Waals surface area contributed by atoms with Gasteiger partial charge in [-0.1, -0.05) is 6.07 Å². The molecule has 1 aliphatic rings. The van der Waals surface area contributed by atoms with Crippen molar-refractivity contribution in [1.29, 1.82) is 0 Å². The molecule has 102 valence electrons. The van der Waals surface area contributed by atoms with Crippen LogP contribution >= 0.6 is 0 Å². The molecule has 0 spiro atoms. The first-order valence-corrected chi connectivity index (χ1v) is 5.94. The maximum absolute atomic E-state index is 11.5. The summed E-state index contributed by atoms with van der Waals surface area (Å²) in [5.74, 6) is -0.361. The number of rotatable bonds is 4. The van der Waals surface area contributed by atoms with E-state index in [9.17, 15) is 14.9 Å². The van der Waals surface area contributed by atoms with Gasteiger partial charge in [0.1, 0.15) is 11.4 Å². The monoisotopic (exact) mass is 265 g/mol. The molecular formula is C12H15N3O4. The summed E-state index contributed by atoms with van der Waals surface area (Å²) in [5, 5.41) is 17.0. The molecule has 1 atom stereocenters. The van der Waals surface area contributed by atoms with Crippen LogP contribution in [-0.2, 0) is 9.53 Å². The van der Waals surface area contributed by atoms with Gasteiger partial charge in [-0.2, -0.15) is 0 Å². The lowest BCUT2D eigenvalue weighted by Gasteiger charge is -2.24. The molecule has 1 unspecified atom stereocenters. The number of carbonyl (C=O) groups excluding carboxylic acids is 1. The number of para-hydroxylation sites is 1. The zero-order chi connectivity index (χ0) is 14.0. The van der Waals surface area contributed by atoms with E-state index in [0.717, 1.165) is 0 Å². The zero-order valence-corrected chi connectivity index (χ0v) is 10.7. The Morgan fingerprint density at radius 2 is 2.21 bits per heavy atom. The van der Waals surface area contributed by atoms with E-state index in [4.69, 9.17) is 4.74 Å². The van der Waals surface area contributed by atoms with Crippen molar-refractivity contribution in [3.63, 3.8) is 0 Å². The second kappa shape index (κ2) is 4.75. The zero-order valence-electron chi connectivity index (χ0n) is 10.7. The number of fused-ring (bicyclic) bond motifs is 1. The van der Waals surface area contributed by atoms with E-state index in [-0.39, 0.29) is 18.1 Å². The van der Waals surface area contributed by atoms with Crippen LogP contribution in [0.1, 0.15) is 20.3 Å². The number of ether oxygens (including phenoxy) is 1. The molecule has 0 aromatic heterocycles. The molecule has 0 fully saturated rings. The first-order chi connectivity index (χ1) is 8.95. The summed E-state index contributed by atoms with van der Waals surface area (Å²) >= 11 is 0. The Morgan fingerprint density at radius 3 is 2.84 bits per heavy atom. The normalized spacial score (nSPS) is 20.1. The Hall–Kier alpha value is -2.31. The van der Waals surface area contributed by atoms with Crippen molar-refractivity contribution in [2.24, 2.45) is 0 Å². The Balaban J connectivity index is 2.21. The number of carbonyl (C=O) groups is 1. The number of nitro groups is 1. The van der Waals surface area contributed by atoms with Gasteiger partial charge in [-0.05, 0) is 19.9 Å². The van der Waals surface area contributed by atoms with Crippen LogP contribution in [0.25, 0.3) is 0 Å². The van der Waals surface area contributed by atoms with E-state index in [2.05, 4.69) is 10.6 Å². The molecule has 1 aliphatic heterocycles. The van der Waals surface area contributed by atoms with Crippen LogP contribution in [0.3, 0.4) is 0 Å². The molecule has 0 radical (unpaired) electrons. The van der Waals surface area contributed by atoms with Gasteiger partial charge in [-0.15, -0.1) is 0 Å². The average Bonchev–Trinajstić information content (AvgIpc) is 2.63. The molecule has 7 heteroatoms. The fourth-order valence-corrected chi connectivity index (χ4v) is 2.12. The van der Waals surface area contributed by atoms with Crippen LogP contribution in [0.4, 0.5) is 17.1 Å². The van der Waals surface area contributed by atoms with Crippen LogP contribution in [-0.4, -0.2) is 23.2 Å². The van der Waals surface area contributed by atoms with Gasteiger partial charge in [0.15, 0.2) is 0 Å². The number of anilines is 2. The predicted molar refractivity (Wildman–Crippen MR) is 70.0 cm³/mol. The summed E-state index contributed by atoms with van der Waals surface area (Å²) in [6.45, 7) is 3.80. The summed E-state index contributed by atoms with van der Waals surface area (Å²) in [4.78, 5) is 22.0. The highest BCUT2D eigenvalue weighted by Crippen LogP contribution is 2.41. The minimum Gasteiger partial charge on any atom is -0.466 e. The molecule has 2 N–H and O–H groups in total. The van der Waals surface area contributed by atoms with Crippen LogP contribution < -0.4 is 10.6 Å². The lowest BCUT2D eigenvalue weighted by molar-refractivity contribution is -0.383. The topological polar surface area (TPSA) is 93.5 Å². The van der Waals surface area contributed by atoms with E-state index >= 15 is 0 Å². The summed E-state index contributed by atoms with van der Waals surface area (Å²) in [5.41, 5.74) is 0.221. The van der Waals surface area contributed by atoms with E-state index in [1.54, 1.807) is 26.0 Å². The molecule has 1 aromatic rings. The van der Waals surface area contributed by atoms with E-state index in [1.807, 2.05) is 0 Å². The van der Waals surface area contributed by atoms with Gasteiger partial charge in [0.2, 0.25) is 0 Å². The number of nitrogens with zero attached hydrogens (tertiary/aromatic N) is 1. The Labute approximate surface area is 110 Å². The van der Waals surface area contributed by atoms with Crippen molar-refractivity contribution in [2.45, 2.75) is 25.9 Å². The van der Waals surface area contributed by atoms with Gasteiger partial charge in [0.25, 0.3) is 5.69 Å². The van der Waals surface area contributed by atoms with Gasteiger partial charge >= 0.3 is 5.97 Å². The number of benzene rings is 1. The molecule has 19 heavy (non-hydrogen) atoms. The molecule has 7 nitrogen and oxygen atoms in total. The third kappa shape index (κ3) is 2.59. The third-order valence-corrected chi connectivity index (χ3v) is 2.85. The highest BCUT2D eigenvalue weighted by Gasteiger charge is 2.37. The molecule has 0 saturated carbocycles. The van der Waals surface area contributed by atoms with Gasteiger partial charge in [-0.3, -0.25) is 14.9 Å². The van der Waals surface area contributed by atoms with Crippen molar-refractivity contribution >= 4 is 23.0 Å². The second-order valence-corrected chi connectivity index (χ2v) is 4.52. The molecular weight excluding hydrogens is 250 g/mol. The summed E-state index contributed by atoms with van der Waals surface area (Å²) < 4.78 is 4.89. The number of hydrogen-bond acceptors (Lipinski definition) is 6. The molecule has 1 aromatic carbocycles. The highest BCUT2D eigenvalue weighted by atomic mass is 16.6. The number of hydrogen-bond donors (Lipinski definition) is 2. The Kier molecular flexibility index (Phi) is 3.28. The van der Waals surface area contributed by atoms with Crippen molar-refractivity contribution in [2.75, 3.05) is 17.2 Å². The number of esters is 1. The van der Waals surface area contributed by atoms with Crippen LogP contribution in [0.2, 0.25) is 0 Å². The smallest absolute Gasteiger partial charge is 0.310 e. The van der Waals surface area contributed by atoms with Crippen molar-refractivity contribution in [3.05, 3.63) is 28.3 Å². The van der Waals surface area contributed by atoms with E-state index < -0.39 is 10.6 Å². The van der Waals surface area contributed by atoms with Gasteiger partial charge in [0, 0.05) is 6.07 Å². The molecule has 2 rings (SSSR count). The molecule has 0 amide bonds. The summed E-state index contributed by atoms with van der Waals surface area (Å²) in [7, 11) is 0. The first-order valence-electron chi connectivity index (χ1n) is 5.94. The standard InChI is InChI=1S/C12H15N3O4/c1-3-19-10(16)7-12(2)13-8-5-4-6-9(15(17)18)11(8)14-12/h4-6,13-14H,3,7H2,1-2H3. The van der Waals surface area contributed by atoms with E-state index in [0.29, 0.717) is 18.0 Å². The van der Waals surface area contributed by atoms with Crippen molar-refractivity contribution in [1.82, 2.24) is 0 Å². The summed E-state index contributed by atoms with van der Waals surface area (Å²) in [6.07, 6.45) is 0.0761. The van der Waals surface area contributed by atoms with Gasteiger partial charge < -0.3 is 15.4 Å². The maximum Gasteiger partial charge on any atom is 0.310 e. The maximum atomic E-state index is 11.5. The third-order valence-electron chi connectivity index (χ3n) is 2.85. The van der Waals surface area contributed by atoms with Crippen LogP contribution in [0, 0.1) is 10.1 Å². The lowest BCUT2D eigenvalue weighted by atomic mass is 10.1. The van der Waals surface area contributed by atoms with Gasteiger partial charge in [-0.25, -0.2) is 0 Å². The Morgan fingerprint density at radius 1 is 1.47 bits per heavy atom. The second-order valence-electron chi connectivity index (χ2n) is 4.52. The fourth-order valence-electron chi connectivity index (χ4n) is 2.12. The fraction of sp³-hybridized carbons (Fsp3) is 0.417. The van der Waals surface area contributed by atoms with Gasteiger partial charge in [0.05, 0.1) is 23.6 Å². The van der Waals surface area contributed by atoms with Crippen molar-refractivity contribution in [3.8, 4) is 0 Å². The summed E-state index contributed by atoms with van der Waals surface area (Å²) in [6, 6.07) is 4.75. The average molecular weight is 265 g/mol. The molecule has 0 aliphatic carbocycles. The minimum atomic E-state index is -0.777. The van der Waals surface area contributed by atoms with Crippen molar-refractivity contribution < 1.29 is 14.5 Å². The highest BCUT2D eigenvalue weighted by molar-refractivity contribution is 5.86. The quantitative estimate of drug-likeness (QED) is 0.492. The lowest BCUT2D eigenvalue weighted by Crippen LogP contribution is -2.41. The molecule has 0 saturated heterocycles. The van der Waals surface area contributed by atoms with Crippen LogP contribution in [0.5, 0.6) is 0 Å². The Bertz CT molecular complexity index is 532. The van der Waals surface area contributed by atoms with Crippen LogP contribution in [0.15, 0.2) is 18.2 Å². The first kappa shape index (κ1) is 13.1. The SMILES string of the molecule is CCOC(=O)CC1(C)Nc2cccc([N+](=O)[O-])c2N1. The predicted octanol–water partition coefficient (Wildman–Crippen LogP) is 2.10. The van der Waals surface area contributed by atoms with E-state index in [1.165, 1.54) is 6.07 Å². The molecule has 1 heterocycles. The number of nitrogens with one attached hydrogen (secondary N) is 2. The number of nitro benzene ring substituents is 1.